The number of ether oxygens (including phenoxy) is 1. The molecular formula is C17H25ClN4O3. The average molecular weight is 369 g/mol. The number of urea groups is 1. The van der Waals surface area contributed by atoms with Crippen LogP contribution in [0.4, 0.5) is 10.5 Å². The molecule has 1 aromatic rings. The van der Waals surface area contributed by atoms with Crippen LogP contribution in [-0.2, 0) is 0 Å². The molecule has 2 aliphatic rings. The standard InChI is InChI=1S/C17H24N4O3.ClH/c1-11-13(4-3-7-18-11)20-16(22)12-5-6-15(24-2)14(10-12)21-9-8-19-17(21)23;/h5-6,10-11,13,18H,3-4,7-9H2,1-2H3,(H,19,23)(H,20,22);1H. The number of hydrogen-bond acceptors (Lipinski definition) is 4. The first-order chi connectivity index (χ1) is 11.6. The molecule has 2 atom stereocenters. The minimum atomic E-state index is -0.170. The van der Waals surface area contributed by atoms with E-state index >= 15 is 0 Å². The Hall–Kier alpha value is -1.99. The van der Waals surface area contributed by atoms with Crippen molar-refractivity contribution in [2.75, 3.05) is 31.6 Å². The van der Waals surface area contributed by atoms with E-state index in [2.05, 4.69) is 22.9 Å². The molecule has 2 saturated heterocycles. The summed E-state index contributed by atoms with van der Waals surface area (Å²) < 4.78 is 5.34. The topological polar surface area (TPSA) is 82.7 Å². The van der Waals surface area contributed by atoms with Crippen molar-refractivity contribution in [2.24, 2.45) is 0 Å². The lowest BCUT2D eigenvalue weighted by Gasteiger charge is -2.30. The largest absolute Gasteiger partial charge is 0.495 e. The van der Waals surface area contributed by atoms with Crippen molar-refractivity contribution in [1.29, 1.82) is 0 Å². The highest BCUT2D eigenvalue weighted by atomic mass is 35.5. The van der Waals surface area contributed by atoms with Crippen LogP contribution in [0.15, 0.2) is 18.2 Å². The second-order valence-corrected chi connectivity index (χ2v) is 6.24. The van der Waals surface area contributed by atoms with Crippen LogP contribution in [0.2, 0.25) is 0 Å². The van der Waals surface area contributed by atoms with Gasteiger partial charge in [0.1, 0.15) is 5.75 Å². The van der Waals surface area contributed by atoms with Gasteiger partial charge in [-0.25, -0.2) is 4.79 Å². The summed E-state index contributed by atoms with van der Waals surface area (Å²) in [6.45, 7) is 4.22. The zero-order valence-electron chi connectivity index (χ0n) is 14.5. The lowest BCUT2D eigenvalue weighted by atomic mass is 9.99. The van der Waals surface area contributed by atoms with Gasteiger partial charge in [-0.15, -0.1) is 12.4 Å². The minimum absolute atomic E-state index is 0. The molecule has 2 fully saturated rings. The third-order valence-electron chi connectivity index (χ3n) is 4.67. The van der Waals surface area contributed by atoms with E-state index in [4.69, 9.17) is 4.74 Å². The first kappa shape index (κ1) is 19.3. The quantitative estimate of drug-likeness (QED) is 0.752. The molecular weight excluding hydrogens is 344 g/mol. The number of methoxy groups -OCH3 is 1. The average Bonchev–Trinajstić information content (AvgIpc) is 3.02. The number of carbonyl (C=O) groups excluding carboxylic acids is 2. The lowest BCUT2D eigenvalue weighted by Crippen LogP contribution is -2.51. The van der Waals surface area contributed by atoms with Crippen LogP contribution < -0.4 is 25.6 Å². The zero-order valence-corrected chi connectivity index (χ0v) is 15.3. The fourth-order valence-corrected chi connectivity index (χ4v) is 3.24. The predicted octanol–water partition coefficient (Wildman–Crippen LogP) is 1.52. The molecule has 0 radical (unpaired) electrons. The van der Waals surface area contributed by atoms with Crippen molar-refractivity contribution >= 4 is 30.0 Å². The van der Waals surface area contributed by atoms with Gasteiger partial charge < -0.3 is 20.7 Å². The number of rotatable bonds is 4. The van der Waals surface area contributed by atoms with Gasteiger partial charge in [-0.3, -0.25) is 9.69 Å². The molecule has 3 N–H and O–H groups in total. The Morgan fingerprint density at radius 3 is 2.80 bits per heavy atom. The number of nitrogens with zero attached hydrogens (tertiary/aromatic N) is 1. The van der Waals surface area contributed by atoms with Gasteiger partial charge in [-0.05, 0) is 44.5 Å². The number of hydrogen-bond donors (Lipinski definition) is 3. The Balaban J connectivity index is 0.00000225. The van der Waals surface area contributed by atoms with E-state index in [0.717, 1.165) is 19.4 Å². The molecule has 2 heterocycles. The lowest BCUT2D eigenvalue weighted by molar-refractivity contribution is 0.0920. The summed E-state index contributed by atoms with van der Waals surface area (Å²) in [5.74, 6) is 0.454. The molecule has 1 aromatic carbocycles. The van der Waals surface area contributed by atoms with Crippen LogP contribution in [0.3, 0.4) is 0 Å². The monoisotopic (exact) mass is 368 g/mol. The van der Waals surface area contributed by atoms with E-state index in [1.807, 2.05) is 0 Å². The van der Waals surface area contributed by atoms with Crippen molar-refractivity contribution in [3.8, 4) is 5.75 Å². The summed E-state index contributed by atoms with van der Waals surface area (Å²) in [6.07, 6.45) is 2.02. The van der Waals surface area contributed by atoms with Gasteiger partial charge in [0.05, 0.1) is 12.8 Å². The predicted molar refractivity (Wildman–Crippen MR) is 98.9 cm³/mol. The van der Waals surface area contributed by atoms with Crippen LogP contribution in [0, 0.1) is 0 Å². The van der Waals surface area contributed by atoms with Crippen molar-refractivity contribution in [1.82, 2.24) is 16.0 Å². The van der Waals surface area contributed by atoms with Crippen LogP contribution in [0.1, 0.15) is 30.1 Å². The smallest absolute Gasteiger partial charge is 0.322 e. The first-order valence-electron chi connectivity index (χ1n) is 8.38. The summed E-state index contributed by atoms with van der Waals surface area (Å²) in [6, 6.07) is 5.39. The van der Waals surface area contributed by atoms with Gasteiger partial charge in [0.15, 0.2) is 0 Å². The molecule has 7 nitrogen and oxygen atoms in total. The second kappa shape index (κ2) is 8.40. The van der Waals surface area contributed by atoms with E-state index in [0.29, 0.717) is 30.1 Å². The highest BCUT2D eigenvalue weighted by Gasteiger charge is 2.26. The first-order valence-corrected chi connectivity index (χ1v) is 8.38. The molecule has 2 aliphatic heterocycles. The highest BCUT2D eigenvalue weighted by molar-refractivity contribution is 6.00. The summed E-state index contributed by atoms with van der Waals surface area (Å²) in [5, 5.41) is 9.23. The molecule has 8 heteroatoms. The number of piperidine rings is 1. The maximum atomic E-state index is 12.6. The number of anilines is 1. The fourth-order valence-electron chi connectivity index (χ4n) is 3.24. The van der Waals surface area contributed by atoms with Gasteiger partial charge in [-0.2, -0.15) is 0 Å². The summed E-state index contributed by atoms with van der Waals surface area (Å²) in [5.41, 5.74) is 1.15. The highest BCUT2D eigenvalue weighted by Crippen LogP contribution is 2.30. The zero-order chi connectivity index (χ0) is 17.1. The Kier molecular flexibility index (Phi) is 6.50. The van der Waals surface area contributed by atoms with Crippen molar-refractivity contribution in [3.05, 3.63) is 23.8 Å². The molecule has 0 bridgehead atoms. The van der Waals surface area contributed by atoms with E-state index < -0.39 is 0 Å². The van der Waals surface area contributed by atoms with Crippen LogP contribution in [0.25, 0.3) is 0 Å². The third kappa shape index (κ3) is 4.16. The molecule has 0 aliphatic carbocycles. The molecule has 0 saturated carbocycles. The van der Waals surface area contributed by atoms with Gasteiger partial charge >= 0.3 is 6.03 Å². The Morgan fingerprint density at radius 2 is 2.16 bits per heavy atom. The van der Waals surface area contributed by atoms with E-state index in [1.165, 1.54) is 0 Å². The van der Waals surface area contributed by atoms with Gasteiger partial charge in [-0.1, -0.05) is 0 Å². The molecule has 0 spiro atoms. The summed E-state index contributed by atoms with van der Waals surface area (Å²) in [4.78, 5) is 26.1. The van der Waals surface area contributed by atoms with Gasteiger partial charge in [0, 0.05) is 30.7 Å². The van der Waals surface area contributed by atoms with Crippen LogP contribution >= 0.6 is 12.4 Å². The summed E-state index contributed by atoms with van der Waals surface area (Å²) >= 11 is 0. The third-order valence-corrected chi connectivity index (χ3v) is 4.67. The van der Waals surface area contributed by atoms with Gasteiger partial charge in [0.25, 0.3) is 5.91 Å². The normalized spacial score (nSPS) is 22.8. The maximum Gasteiger partial charge on any atom is 0.322 e. The Morgan fingerprint density at radius 1 is 1.36 bits per heavy atom. The summed E-state index contributed by atoms with van der Waals surface area (Å²) in [7, 11) is 1.56. The Labute approximate surface area is 153 Å². The van der Waals surface area contributed by atoms with Gasteiger partial charge in [0.2, 0.25) is 0 Å². The van der Waals surface area contributed by atoms with Crippen molar-refractivity contribution in [3.63, 3.8) is 0 Å². The van der Waals surface area contributed by atoms with E-state index in [-0.39, 0.29) is 36.4 Å². The molecule has 0 aromatic heterocycles. The van der Waals surface area contributed by atoms with E-state index in [9.17, 15) is 9.59 Å². The Bertz CT molecular complexity index is 640. The molecule has 3 rings (SSSR count). The van der Waals surface area contributed by atoms with Crippen LogP contribution in [0.5, 0.6) is 5.75 Å². The molecule has 2 unspecified atom stereocenters. The van der Waals surface area contributed by atoms with Crippen molar-refractivity contribution < 1.29 is 14.3 Å². The second-order valence-electron chi connectivity index (χ2n) is 6.24. The number of nitrogens with one attached hydrogen (secondary N) is 3. The number of amides is 3. The number of benzene rings is 1. The molecule has 138 valence electrons. The number of carbonyl (C=O) groups is 2. The SMILES string of the molecule is COc1ccc(C(=O)NC2CCCNC2C)cc1N1CCNC1=O.Cl. The van der Waals surface area contributed by atoms with E-state index in [1.54, 1.807) is 30.2 Å². The minimum Gasteiger partial charge on any atom is -0.495 e. The van der Waals surface area contributed by atoms with Crippen LogP contribution in [-0.4, -0.2) is 50.8 Å². The molecule has 25 heavy (non-hydrogen) atoms. The fraction of sp³-hybridized carbons (Fsp3) is 0.529. The van der Waals surface area contributed by atoms with Crippen molar-refractivity contribution in [2.45, 2.75) is 31.8 Å². The number of halogens is 1. The maximum absolute atomic E-state index is 12.6. The molecule has 3 amide bonds.